The third-order valence-electron chi connectivity index (χ3n) is 3.17. The highest BCUT2D eigenvalue weighted by molar-refractivity contribution is 5.93. The van der Waals surface area contributed by atoms with Crippen molar-refractivity contribution in [2.75, 3.05) is 25.0 Å². The van der Waals surface area contributed by atoms with Crippen LogP contribution in [0.15, 0.2) is 6.07 Å². The molecule has 1 aromatic heterocycles. The Hall–Kier alpha value is -1.65. The monoisotopic (exact) mass is 292 g/mol. The van der Waals surface area contributed by atoms with Crippen LogP contribution < -0.4 is 5.32 Å². The Morgan fingerprint density at radius 2 is 1.81 bits per heavy atom. The van der Waals surface area contributed by atoms with Gasteiger partial charge in [-0.05, 0) is 26.2 Å². The summed E-state index contributed by atoms with van der Waals surface area (Å²) < 4.78 is 0. The van der Waals surface area contributed by atoms with Crippen molar-refractivity contribution in [2.45, 2.75) is 53.4 Å². The molecule has 0 atom stereocenters. The van der Waals surface area contributed by atoms with Crippen LogP contribution in [0.25, 0.3) is 0 Å². The van der Waals surface area contributed by atoms with Gasteiger partial charge in [0.15, 0.2) is 0 Å². The van der Waals surface area contributed by atoms with Crippen LogP contribution in [-0.4, -0.2) is 40.4 Å². The van der Waals surface area contributed by atoms with Gasteiger partial charge in [-0.2, -0.15) is 0 Å². The molecule has 0 fully saturated rings. The lowest BCUT2D eigenvalue weighted by Gasteiger charge is -2.21. The Labute approximate surface area is 128 Å². The molecule has 0 aliphatic carbocycles. The molecule has 0 saturated heterocycles. The predicted molar refractivity (Wildman–Crippen MR) is 86.7 cm³/mol. The molecule has 1 amide bonds. The number of hydrogen-bond donors (Lipinski definition) is 1. The van der Waals surface area contributed by atoms with Crippen LogP contribution in [0.1, 0.15) is 62.8 Å². The van der Waals surface area contributed by atoms with Gasteiger partial charge in [-0.1, -0.05) is 27.2 Å². The molecule has 0 saturated carbocycles. The number of rotatable bonds is 9. The zero-order valence-corrected chi connectivity index (χ0v) is 13.8. The number of aryl methyl sites for hydroxylation is 1. The Morgan fingerprint density at radius 1 is 1.14 bits per heavy atom. The van der Waals surface area contributed by atoms with E-state index in [-0.39, 0.29) is 5.91 Å². The van der Waals surface area contributed by atoms with Crippen LogP contribution in [-0.2, 0) is 0 Å². The Bertz CT molecular complexity index is 442. The molecule has 1 heterocycles. The van der Waals surface area contributed by atoms with Gasteiger partial charge in [0.25, 0.3) is 5.91 Å². The molecular weight excluding hydrogens is 264 g/mol. The van der Waals surface area contributed by atoms with Crippen molar-refractivity contribution in [3.8, 4) is 0 Å². The summed E-state index contributed by atoms with van der Waals surface area (Å²) in [6.07, 6.45) is 4.13. The average molecular weight is 292 g/mol. The first kappa shape index (κ1) is 17.4. The van der Waals surface area contributed by atoms with Crippen molar-refractivity contribution >= 4 is 11.7 Å². The highest BCUT2D eigenvalue weighted by Crippen LogP contribution is 2.10. The smallest absolute Gasteiger partial charge is 0.272 e. The Morgan fingerprint density at radius 3 is 2.38 bits per heavy atom. The Balaban J connectivity index is 2.86. The molecule has 0 aliphatic heterocycles. The highest BCUT2D eigenvalue weighted by Gasteiger charge is 2.17. The number of aromatic nitrogens is 2. The van der Waals surface area contributed by atoms with Crippen molar-refractivity contribution in [1.29, 1.82) is 0 Å². The summed E-state index contributed by atoms with van der Waals surface area (Å²) in [5, 5.41) is 3.26. The van der Waals surface area contributed by atoms with E-state index in [1.54, 1.807) is 6.07 Å². The van der Waals surface area contributed by atoms with Gasteiger partial charge in [-0.3, -0.25) is 4.79 Å². The summed E-state index contributed by atoms with van der Waals surface area (Å²) in [6, 6.07) is 1.77. The summed E-state index contributed by atoms with van der Waals surface area (Å²) >= 11 is 0. The molecule has 5 nitrogen and oxygen atoms in total. The van der Waals surface area contributed by atoms with Gasteiger partial charge in [0, 0.05) is 25.7 Å². The number of carbonyl (C=O) groups is 1. The predicted octanol–water partition coefficient (Wildman–Crippen LogP) is 3.26. The van der Waals surface area contributed by atoms with Gasteiger partial charge in [-0.15, -0.1) is 0 Å². The van der Waals surface area contributed by atoms with Gasteiger partial charge >= 0.3 is 0 Å². The third kappa shape index (κ3) is 5.69. The molecule has 21 heavy (non-hydrogen) atoms. The maximum Gasteiger partial charge on any atom is 0.272 e. The van der Waals surface area contributed by atoms with E-state index in [0.717, 1.165) is 51.1 Å². The summed E-state index contributed by atoms with van der Waals surface area (Å²) in [5.74, 6) is 1.38. The van der Waals surface area contributed by atoms with Crippen molar-refractivity contribution < 1.29 is 4.79 Å². The van der Waals surface area contributed by atoms with E-state index in [1.165, 1.54) is 0 Å². The minimum Gasteiger partial charge on any atom is -0.370 e. The summed E-state index contributed by atoms with van der Waals surface area (Å²) in [5.41, 5.74) is 0.489. The van der Waals surface area contributed by atoms with E-state index in [1.807, 2.05) is 11.8 Å². The van der Waals surface area contributed by atoms with Gasteiger partial charge in [0.05, 0.1) is 0 Å². The SMILES string of the molecule is CCCCNc1cc(C(=O)N(CCC)CCC)nc(C)n1. The lowest BCUT2D eigenvalue weighted by atomic mass is 10.2. The van der Waals surface area contributed by atoms with E-state index in [0.29, 0.717) is 11.5 Å². The van der Waals surface area contributed by atoms with E-state index < -0.39 is 0 Å². The molecule has 0 unspecified atom stereocenters. The van der Waals surface area contributed by atoms with E-state index in [4.69, 9.17) is 0 Å². The van der Waals surface area contributed by atoms with E-state index in [2.05, 4.69) is 36.1 Å². The third-order valence-corrected chi connectivity index (χ3v) is 3.17. The van der Waals surface area contributed by atoms with Crippen LogP contribution in [0.5, 0.6) is 0 Å². The number of nitrogens with zero attached hydrogens (tertiary/aromatic N) is 3. The van der Waals surface area contributed by atoms with Crippen molar-refractivity contribution in [3.63, 3.8) is 0 Å². The fourth-order valence-corrected chi connectivity index (χ4v) is 2.18. The molecular formula is C16H28N4O. The number of hydrogen-bond acceptors (Lipinski definition) is 4. The fraction of sp³-hybridized carbons (Fsp3) is 0.688. The number of unbranched alkanes of at least 4 members (excludes halogenated alkanes) is 1. The van der Waals surface area contributed by atoms with Crippen molar-refractivity contribution in [2.24, 2.45) is 0 Å². The average Bonchev–Trinajstić information content (AvgIpc) is 2.46. The first-order chi connectivity index (χ1) is 10.1. The lowest BCUT2D eigenvalue weighted by Crippen LogP contribution is -2.33. The van der Waals surface area contributed by atoms with Crippen molar-refractivity contribution in [1.82, 2.24) is 14.9 Å². The maximum atomic E-state index is 12.6. The topological polar surface area (TPSA) is 58.1 Å². The normalized spacial score (nSPS) is 10.5. The second-order valence-electron chi connectivity index (χ2n) is 5.26. The van der Waals surface area contributed by atoms with Crippen LogP contribution in [0, 0.1) is 6.92 Å². The van der Waals surface area contributed by atoms with Gasteiger partial charge in [0.2, 0.25) is 0 Å². The highest BCUT2D eigenvalue weighted by atomic mass is 16.2. The lowest BCUT2D eigenvalue weighted by molar-refractivity contribution is 0.0749. The number of nitrogens with one attached hydrogen (secondary N) is 1. The molecule has 5 heteroatoms. The van der Waals surface area contributed by atoms with Crippen LogP contribution in [0.4, 0.5) is 5.82 Å². The minimum absolute atomic E-state index is 0.00254. The van der Waals surface area contributed by atoms with Crippen LogP contribution in [0.3, 0.4) is 0 Å². The Kier molecular flexibility index (Phi) is 7.72. The molecule has 0 aromatic carbocycles. The zero-order chi connectivity index (χ0) is 15.7. The quantitative estimate of drug-likeness (QED) is 0.710. The zero-order valence-electron chi connectivity index (χ0n) is 13.8. The minimum atomic E-state index is 0.00254. The largest absolute Gasteiger partial charge is 0.370 e. The number of anilines is 1. The molecule has 0 aliphatic rings. The first-order valence-electron chi connectivity index (χ1n) is 8.01. The molecule has 0 radical (unpaired) electrons. The summed E-state index contributed by atoms with van der Waals surface area (Å²) in [7, 11) is 0. The standard InChI is InChI=1S/C16H28N4O/c1-5-8-9-17-15-12-14(18-13(4)19-15)16(21)20(10-6-2)11-7-3/h12H,5-11H2,1-4H3,(H,17,18,19). The summed E-state index contributed by atoms with van der Waals surface area (Å²) in [6.45, 7) is 10.6. The molecule has 118 valence electrons. The van der Waals surface area contributed by atoms with E-state index >= 15 is 0 Å². The van der Waals surface area contributed by atoms with E-state index in [9.17, 15) is 4.79 Å². The second-order valence-corrected chi connectivity index (χ2v) is 5.26. The molecule has 1 aromatic rings. The number of carbonyl (C=O) groups excluding carboxylic acids is 1. The second kappa shape index (κ2) is 9.32. The van der Waals surface area contributed by atoms with Gasteiger partial charge in [0.1, 0.15) is 17.3 Å². The maximum absolute atomic E-state index is 12.6. The molecule has 0 bridgehead atoms. The van der Waals surface area contributed by atoms with Crippen LogP contribution in [0.2, 0.25) is 0 Å². The van der Waals surface area contributed by atoms with Gasteiger partial charge < -0.3 is 10.2 Å². The number of amides is 1. The summed E-state index contributed by atoms with van der Waals surface area (Å²) in [4.78, 5) is 23.1. The molecule has 0 spiro atoms. The first-order valence-corrected chi connectivity index (χ1v) is 8.01. The van der Waals surface area contributed by atoms with Gasteiger partial charge in [-0.25, -0.2) is 9.97 Å². The molecule has 1 rings (SSSR count). The van der Waals surface area contributed by atoms with Crippen molar-refractivity contribution in [3.05, 3.63) is 17.6 Å². The molecule has 1 N–H and O–H groups in total. The fourth-order valence-electron chi connectivity index (χ4n) is 2.18. The van der Waals surface area contributed by atoms with Crippen LogP contribution >= 0.6 is 0 Å².